The SMILES string of the molecule is Cc1nc(C(=O)N2[C@@H]3CC[C@H]2CC(c2nc4c(-c5ccc(F)cc5)cnn4c(N)c2S(C)(=O)=O)C3)n[nH]1. The van der Waals surface area contributed by atoms with E-state index in [1.165, 1.54) is 16.6 Å². The third-order valence-electron chi connectivity index (χ3n) is 7.33. The predicted octanol–water partition coefficient (Wildman–Crippen LogP) is 2.50. The molecule has 2 aliphatic rings. The minimum atomic E-state index is -3.75. The van der Waals surface area contributed by atoms with Crippen LogP contribution < -0.4 is 5.73 Å². The van der Waals surface area contributed by atoms with Gasteiger partial charge in [0.2, 0.25) is 5.82 Å². The second-order valence-electron chi connectivity index (χ2n) is 9.79. The van der Waals surface area contributed by atoms with Gasteiger partial charge in [0.15, 0.2) is 15.5 Å². The van der Waals surface area contributed by atoms with Gasteiger partial charge in [0.05, 0.1) is 11.9 Å². The molecule has 4 aromatic rings. The van der Waals surface area contributed by atoms with Gasteiger partial charge in [-0.15, -0.1) is 5.10 Å². The van der Waals surface area contributed by atoms with Crippen molar-refractivity contribution in [1.82, 2.24) is 34.7 Å². The van der Waals surface area contributed by atoms with E-state index in [1.54, 1.807) is 25.3 Å². The van der Waals surface area contributed by atoms with E-state index in [4.69, 9.17) is 10.7 Å². The summed E-state index contributed by atoms with van der Waals surface area (Å²) in [6, 6.07) is 5.72. The van der Waals surface area contributed by atoms with Crippen molar-refractivity contribution in [3.05, 3.63) is 53.6 Å². The van der Waals surface area contributed by atoms with Gasteiger partial charge in [-0.25, -0.2) is 22.8 Å². The molecule has 0 spiro atoms. The van der Waals surface area contributed by atoms with Crippen LogP contribution >= 0.6 is 0 Å². The molecule has 2 bridgehead atoms. The third kappa shape index (κ3) is 3.84. The van der Waals surface area contributed by atoms with Gasteiger partial charge in [-0.05, 0) is 50.3 Å². The summed E-state index contributed by atoms with van der Waals surface area (Å²) in [4.78, 5) is 24.0. The summed E-state index contributed by atoms with van der Waals surface area (Å²) in [7, 11) is -3.75. The third-order valence-corrected chi connectivity index (χ3v) is 8.49. The average Bonchev–Trinajstić information content (AvgIpc) is 3.54. The lowest BCUT2D eigenvalue weighted by atomic mass is 9.87. The van der Waals surface area contributed by atoms with Crippen molar-refractivity contribution in [2.45, 2.75) is 55.5 Å². The Morgan fingerprint density at radius 2 is 1.81 bits per heavy atom. The number of carbonyl (C=O) groups excluding carboxylic acids is 1. The number of aromatic amines is 1. The fraction of sp³-hybridized carbons (Fsp3) is 0.375. The van der Waals surface area contributed by atoms with Crippen molar-refractivity contribution in [1.29, 1.82) is 0 Å². The molecule has 11 nitrogen and oxygen atoms in total. The van der Waals surface area contributed by atoms with Gasteiger partial charge in [-0.2, -0.15) is 9.61 Å². The molecule has 2 saturated heterocycles. The fourth-order valence-electron chi connectivity index (χ4n) is 5.79. The van der Waals surface area contributed by atoms with Crippen LogP contribution in [0.2, 0.25) is 0 Å². The molecule has 0 radical (unpaired) electrons. The van der Waals surface area contributed by atoms with E-state index in [-0.39, 0.29) is 46.3 Å². The highest BCUT2D eigenvalue weighted by Crippen LogP contribution is 2.45. The van der Waals surface area contributed by atoms with Gasteiger partial charge < -0.3 is 10.6 Å². The molecule has 1 amide bonds. The number of aryl methyl sites for hydroxylation is 1. The van der Waals surface area contributed by atoms with Crippen molar-refractivity contribution in [3.8, 4) is 11.1 Å². The number of nitrogen functional groups attached to an aromatic ring is 1. The lowest BCUT2D eigenvalue weighted by Gasteiger charge is -2.38. The molecule has 0 aliphatic carbocycles. The zero-order valence-electron chi connectivity index (χ0n) is 20.2. The number of sulfone groups is 1. The molecule has 3 atom stereocenters. The molecule has 2 fully saturated rings. The molecule has 1 aromatic carbocycles. The average molecular weight is 525 g/mol. The minimum absolute atomic E-state index is 0.0158. The first kappa shape index (κ1) is 23.5. The van der Waals surface area contributed by atoms with Crippen LogP contribution in [0, 0.1) is 12.7 Å². The number of aromatic nitrogens is 6. The molecule has 3 N–H and O–H groups in total. The molecule has 0 saturated carbocycles. The van der Waals surface area contributed by atoms with E-state index in [2.05, 4.69) is 20.3 Å². The van der Waals surface area contributed by atoms with Crippen molar-refractivity contribution in [3.63, 3.8) is 0 Å². The highest BCUT2D eigenvalue weighted by atomic mass is 32.2. The van der Waals surface area contributed by atoms with E-state index in [1.807, 2.05) is 4.90 Å². The van der Waals surface area contributed by atoms with Crippen molar-refractivity contribution < 1.29 is 17.6 Å². The second kappa shape index (κ2) is 8.33. The van der Waals surface area contributed by atoms with Crippen LogP contribution in [0.1, 0.15) is 53.7 Å². The van der Waals surface area contributed by atoms with Gasteiger partial charge in [0, 0.05) is 29.8 Å². The smallest absolute Gasteiger partial charge is 0.294 e. The Morgan fingerprint density at radius 3 is 2.41 bits per heavy atom. The largest absolute Gasteiger partial charge is 0.382 e. The van der Waals surface area contributed by atoms with Gasteiger partial charge in [-0.3, -0.25) is 9.89 Å². The number of halogens is 1. The molecule has 1 unspecified atom stereocenters. The molecule has 6 rings (SSSR count). The number of anilines is 1. The lowest BCUT2D eigenvalue weighted by Crippen LogP contribution is -2.46. The molecule has 192 valence electrons. The Balaban J connectivity index is 1.43. The molecule has 5 heterocycles. The van der Waals surface area contributed by atoms with Crippen LogP contribution in [0.5, 0.6) is 0 Å². The maximum atomic E-state index is 13.5. The van der Waals surface area contributed by atoms with E-state index < -0.39 is 9.84 Å². The normalized spacial score (nSPS) is 21.6. The summed E-state index contributed by atoms with van der Waals surface area (Å²) in [6.07, 6.45) is 5.34. The zero-order valence-corrected chi connectivity index (χ0v) is 21.0. The number of amides is 1. The quantitative estimate of drug-likeness (QED) is 0.413. The summed E-state index contributed by atoms with van der Waals surface area (Å²) in [6.45, 7) is 1.74. The van der Waals surface area contributed by atoms with Crippen LogP contribution in [0.25, 0.3) is 16.8 Å². The lowest BCUT2D eigenvalue weighted by molar-refractivity contribution is 0.0556. The first-order valence-corrected chi connectivity index (χ1v) is 13.9. The number of hydrogen-bond acceptors (Lipinski definition) is 8. The number of hydrogen-bond donors (Lipinski definition) is 2. The number of piperidine rings is 1. The highest BCUT2D eigenvalue weighted by molar-refractivity contribution is 7.91. The Morgan fingerprint density at radius 1 is 1.14 bits per heavy atom. The van der Waals surface area contributed by atoms with Crippen LogP contribution in [-0.4, -0.2) is 67.3 Å². The summed E-state index contributed by atoms with van der Waals surface area (Å²) in [5.74, 6) is -0.146. The number of rotatable bonds is 4. The number of nitrogens with zero attached hydrogens (tertiary/aromatic N) is 6. The van der Waals surface area contributed by atoms with Crippen molar-refractivity contribution >= 4 is 27.2 Å². The minimum Gasteiger partial charge on any atom is -0.382 e. The monoisotopic (exact) mass is 524 g/mol. The Bertz CT molecular complexity index is 1630. The highest BCUT2D eigenvalue weighted by Gasteiger charge is 2.46. The fourth-order valence-corrected chi connectivity index (χ4v) is 6.85. The Hall–Kier alpha value is -3.87. The van der Waals surface area contributed by atoms with Crippen molar-refractivity contribution in [2.75, 3.05) is 12.0 Å². The second-order valence-corrected chi connectivity index (χ2v) is 11.7. The zero-order chi connectivity index (χ0) is 26.1. The van der Waals surface area contributed by atoms with Crippen LogP contribution in [0.15, 0.2) is 35.4 Å². The molecule has 37 heavy (non-hydrogen) atoms. The van der Waals surface area contributed by atoms with Gasteiger partial charge in [-0.1, -0.05) is 12.1 Å². The number of nitrogens with one attached hydrogen (secondary N) is 1. The van der Waals surface area contributed by atoms with Gasteiger partial charge in [0.1, 0.15) is 22.4 Å². The Labute approximate surface area is 211 Å². The molecular weight excluding hydrogens is 499 g/mol. The summed E-state index contributed by atoms with van der Waals surface area (Å²) in [5.41, 5.74) is 8.48. The topological polar surface area (TPSA) is 152 Å². The van der Waals surface area contributed by atoms with E-state index in [9.17, 15) is 17.6 Å². The molecular formula is C24H25FN8O3S. The molecule has 2 aliphatic heterocycles. The summed E-state index contributed by atoms with van der Waals surface area (Å²) >= 11 is 0. The number of carbonyl (C=O) groups is 1. The van der Waals surface area contributed by atoms with Crippen LogP contribution in [-0.2, 0) is 9.84 Å². The van der Waals surface area contributed by atoms with Gasteiger partial charge >= 0.3 is 0 Å². The summed E-state index contributed by atoms with van der Waals surface area (Å²) in [5, 5.41) is 11.0. The first-order valence-electron chi connectivity index (χ1n) is 12.0. The number of benzene rings is 1. The Kier molecular flexibility index (Phi) is 5.30. The van der Waals surface area contributed by atoms with Crippen molar-refractivity contribution in [2.24, 2.45) is 0 Å². The number of H-pyrrole nitrogens is 1. The summed E-state index contributed by atoms with van der Waals surface area (Å²) < 4.78 is 40.7. The van der Waals surface area contributed by atoms with Gasteiger partial charge in [0.25, 0.3) is 5.91 Å². The van der Waals surface area contributed by atoms with Crippen LogP contribution in [0.4, 0.5) is 10.2 Å². The number of fused-ring (bicyclic) bond motifs is 3. The number of nitrogens with two attached hydrogens (primary N) is 1. The van der Waals surface area contributed by atoms with E-state index in [0.29, 0.717) is 41.1 Å². The molecule has 3 aromatic heterocycles. The maximum absolute atomic E-state index is 13.5. The first-order chi connectivity index (χ1) is 17.6. The maximum Gasteiger partial charge on any atom is 0.294 e. The standard InChI is InChI=1S/C24H25FN8O3S/c1-12-28-22(31-30-12)24(34)32-16-7-8-17(32)10-14(9-16)19-20(37(2,35)36)21(26)33-23(29-19)18(11-27-33)13-3-5-15(25)6-4-13/h3-6,11,14,16-17H,7-10,26H2,1-2H3,(H,28,30,31)/t14?,16-,17+. The van der Waals surface area contributed by atoms with Crippen LogP contribution in [0.3, 0.4) is 0 Å². The molecule has 13 heteroatoms. The van der Waals surface area contributed by atoms with E-state index >= 15 is 0 Å². The van der Waals surface area contributed by atoms with E-state index in [0.717, 1.165) is 19.1 Å². The predicted molar refractivity (Wildman–Crippen MR) is 132 cm³/mol.